The van der Waals surface area contributed by atoms with Crippen molar-refractivity contribution in [2.45, 2.75) is 33.3 Å². The number of allylic oxidation sites excluding steroid dienone is 1. The smallest absolute Gasteiger partial charge is 0.379 e. The fourth-order valence-electron chi connectivity index (χ4n) is 5.35. The van der Waals surface area contributed by atoms with Gasteiger partial charge in [-0.2, -0.15) is 5.26 Å². The van der Waals surface area contributed by atoms with Crippen LogP contribution in [0.1, 0.15) is 49.9 Å². The number of ether oxygens (including phenoxy) is 4. The molecule has 0 bridgehead atoms. The maximum absolute atomic E-state index is 13.1. The van der Waals surface area contributed by atoms with Crippen LogP contribution in [0.2, 0.25) is 0 Å². The first-order chi connectivity index (χ1) is 21.2. The lowest BCUT2D eigenvalue weighted by Crippen LogP contribution is -2.21. The molecule has 1 unspecified atom stereocenters. The van der Waals surface area contributed by atoms with Crippen molar-refractivity contribution in [2.24, 2.45) is 5.73 Å². The number of aryl methyl sites for hydroxylation is 3. The minimum atomic E-state index is -0.629. The molecule has 0 amide bonds. The van der Waals surface area contributed by atoms with Gasteiger partial charge in [-0.25, -0.2) is 4.79 Å². The zero-order valence-electron chi connectivity index (χ0n) is 24.8. The first-order valence-corrected chi connectivity index (χ1v) is 14.1. The fraction of sp³-hybridized carbons (Fsp3) is 0.167. The zero-order chi connectivity index (χ0) is 31.0. The highest BCUT2D eigenvalue weighted by atomic mass is 16.5. The van der Waals surface area contributed by atoms with Crippen LogP contribution >= 0.6 is 0 Å². The van der Waals surface area contributed by atoms with E-state index in [-0.39, 0.29) is 23.0 Å². The topological polar surface area (TPSA) is 117 Å². The van der Waals surface area contributed by atoms with Crippen LogP contribution in [0.15, 0.2) is 94.7 Å². The van der Waals surface area contributed by atoms with Crippen molar-refractivity contribution in [3.05, 3.63) is 129 Å². The molecule has 4 aromatic carbocycles. The molecular weight excluding hydrogens is 556 g/mol. The summed E-state index contributed by atoms with van der Waals surface area (Å²) in [5.41, 5.74) is 12.5. The predicted octanol–water partition coefficient (Wildman–Crippen LogP) is 7.38. The second-order valence-electron chi connectivity index (χ2n) is 10.8. The molecule has 0 aliphatic carbocycles. The number of furan rings is 1. The van der Waals surface area contributed by atoms with Crippen molar-refractivity contribution in [3.63, 3.8) is 0 Å². The van der Waals surface area contributed by atoms with Gasteiger partial charge in [-0.3, -0.25) is 0 Å². The van der Waals surface area contributed by atoms with E-state index in [1.54, 1.807) is 25.3 Å². The van der Waals surface area contributed by atoms with Crippen molar-refractivity contribution in [3.8, 4) is 29.1 Å². The summed E-state index contributed by atoms with van der Waals surface area (Å²) in [5, 5.41) is 10.9. The number of nitrogens with zero attached hydrogens (tertiary/aromatic N) is 1. The van der Waals surface area contributed by atoms with Gasteiger partial charge in [-0.15, -0.1) is 0 Å². The average molecular weight is 587 g/mol. The maximum Gasteiger partial charge on any atom is 0.379 e. The van der Waals surface area contributed by atoms with E-state index in [9.17, 15) is 10.1 Å². The third kappa shape index (κ3) is 5.32. The highest BCUT2D eigenvalue weighted by Crippen LogP contribution is 2.45. The molecular formula is C36H30N2O6. The second kappa shape index (κ2) is 11.5. The highest BCUT2D eigenvalue weighted by Gasteiger charge is 2.32. The standard InChI is InChI=1S/C36H30N2O6/c1-20-5-8-23(9-6-20)19-41-30-14-10-24(16-32(30)40-4)33-26-12-11-25(17-31(26)44-35(38)28(33)18-37)42-36(39)34-22(3)27-15-21(2)7-13-29(27)43-34/h5-17,33H,19,38H2,1-4H3. The van der Waals surface area contributed by atoms with Gasteiger partial charge in [-0.05, 0) is 62.2 Å². The molecule has 0 saturated carbocycles. The molecule has 1 aliphatic heterocycles. The number of methoxy groups -OCH3 is 1. The van der Waals surface area contributed by atoms with E-state index in [4.69, 9.17) is 29.1 Å². The molecule has 0 saturated heterocycles. The number of hydrogen-bond donors (Lipinski definition) is 1. The van der Waals surface area contributed by atoms with Gasteiger partial charge < -0.3 is 29.1 Å². The minimum absolute atomic E-state index is 0.0318. The van der Waals surface area contributed by atoms with E-state index in [1.807, 2.05) is 81.4 Å². The Bertz CT molecular complexity index is 1980. The molecule has 1 aliphatic rings. The van der Waals surface area contributed by atoms with E-state index in [1.165, 1.54) is 5.56 Å². The number of nitriles is 1. The summed E-state index contributed by atoms with van der Waals surface area (Å²) in [6, 6.07) is 26.6. The first kappa shape index (κ1) is 28.4. The Morgan fingerprint density at radius 3 is 2.45 bits per heavy atom. The molecule has 8 heteroatoms. The molecule has 1 aromatic heterocycles. The van der Waals surface area contributed by atoms with Crippen LogP contribution in [-0.4, -0.2) is 13.1 Å². The Hall–Kier alpha value is -5.68. The Morgan fingerprint density at radius 2 is 1.70 bits per heavy atom. The average Bonchev–Trinajstić information content (AvgIpc) is 3.35. The molecule has 2 heterocycles. The van der Waals surface area contributed by atoms with Gasteiger partial charge in [-0.1, -0.05) is 53.6 Å². The van der Waals surface area contributed by atoms with Gasteiger partial charge >= 0.3 is 5.97 Å². The monoisotopic (exact) mass is 586 g/mol. The molecule has 8 nitrogen and oxygen atoms in total. The zero-order valence-corrected chi connectivity index (χ0v) is 24.8. The van der Waals surface area contributed by atoms with Crippen molar-refractivity contribution in [1.29, 1.82) is 5.26 Å². The normalized spacial score (nSPS) is 14.0. The summed E-state index contributed by atoms with van der Waals surface area (Å²) in [6.45, 7) is 6.22. The lowest BCUT2D eigenvalue weighted by atomic mass is 9.83. The summed E-state index contributed by atoms with van der Waals surface area (Å²) in [5.74, 6) is 0.617. The van der Waals surface area contributed by atoms with Gasteiger partial charge in [0.25, 0.3) is 0 Å². The SMILES string of the molecule is COc1cc(C2C(C#N)=C(N)Oc3cc(OC(=O)c4oc5ccc(C)cc5c4C)ccc32)ccc1OCc1ccc(C)cc1. The number of carbonyl (C=O) groups is 1. The van der Waals surface area contributed by atoms with Gasteiger partial charge in [0.15, 0.2) is 11.5 Å². The van der Waals surface area contributed by atoms with Crippen molar-refractivity contribution < 1.29 is 28.2 Å². The van der Waals surface area contributed by atoms with Crippen LogP contribution < -0.4 is 24.7 Å². The van der Waals surface area contributed by atoms with E-state index in [0.717, 1.165) is 22.1 Å². The van der Waals surface area contributed by atoms with Crippen LogP contribution in [0.5, 0.6) is 23.0 Å². The number of hydrogen-bond acceptors (Lipinski definition) is 8. The summed E-state index contributed by atoms with van der Waals surface area (Å²) in [4.78, 5) is 13.1. The molecule has 0 radical (unpaired) electrons. The summed E-state index contributed by atoms with van der Waals surface area (Å²) in [6.07, 6.45) is 0. The van der Waals surface area contributed by atoms with Gasteiger partial charge in [0.1, 0.15) is 35.3 Å². The van der Waals surface area contributed by atoms with Gasteiger partial charge in [0, 0.05) is 22.6 Å². The molecule has 6 rings (SSSR count). The van der Waals surface area contributed by atoms with Crippen LogP contribution in [0, 0.1) is 32.1 Å². The molecule has 2 N–H and O–H groups in total. The van der Waals surface area contributed by atoms with E-state index in [2.05, 4.69) is 6.07 Å². The summed E-state index contributed by atoms with van der Waals surface area (Å²) < 4.78 is 29.0. The van der Waals surface area contributed by atoms with Crippen molar-refractivity contribution in [2.75, 3.05) is 7.11 Å². The van der Waals surface area contributed by atoms with Gasteiger partial charge in [0.2, 0.25) is 11.6 Å². The first-order valence-electron chi connectivity index (χ1n) is 14.1. The third-order valence-electron chi connectivity index (χ3n) is 7.71. The molecule has 1 atom stereocenters. The maximum atomic E-state index is 13.1. The highest BCUT2D eigenvalue weighted by molar-refractivity contribution is 5.97. The number of carbonyl (C=O) groups excluding carboxylic acids is 1. The molecule has 0 fully saturated rings. The van der Waals surface area contributed by atoms with Crippen molar-refractivity contribution >= 4 is 16.9 Å². The number of esters is 1. The number of benzene rings is 4. The summed E-state index contributed by atoms with van der Waals surface area (Å²) in [7, 11) is 1.57. The number of fused-ring (bicyclic) bond motifs is 2. The third-order valence-corrected chi connectivity index (χ3v) is 7.71. The quantitative estimate of drug-likeness (QED) is 0.155. The van der Waals surface area contributed by atoms with Crippen LogP contribution in [-0.2, 0) is 6.61 Å². The Labute approximate surface area is 254 Å². The molecule has 220 valence electrons. The Morgan fingerprint density at radius 1 is 0.932 bits per heavy atom. The van der Waals surface area contributed by atoms with Crippen molar-refractivity contribution in [1.82, 2.24) is 0 Å². The van der Waals surface area contributed by atoms with Gasteiger partial charge in [0.05, 0.1) is 13.0 Å². The Kier molecular flexibility index (Phi) is 7.46. The molecule has 0 spiro atoms. The fourth-order valence-corrected chi connectivity index (χ4v) is 5.35. The van der Waals surface area contributed by atoms with E-state index >= 15 is 0 Å². The number of nitrogens with two attached hydrogens (primary N) is 1. The number of rotatable bonds is 7. The van der Waals surface area contributed by atoms with Crippen LogP contribution in [0.4, 0.5) is 0 Å². The lowest BCUT2D eigenvalue weighted by Gasteiger charge is -2.27. The largest absolute Gasteiger partial charge is 0.493 e. The van der Waals surface area contributed by atoms with Crippen LogP contribution in [0.25, 0.3) is 11.0 Å². The van der Waals surface area contributed by atoms with E-state index in [0.29, 0.717) is 40.6 Å². The predicted molar refractivity (Wildman–Crippen MR) is 165 cm³/mol. The Balaban J connectivity index is 1.28. The van der Waals surface area contributed by atoms with E-state index < -0.39 is 11.9 Å². The lowest BCUT2D eigenvalue weighted by molar-refractivity contribution is 0.0702. The van der Waals surface area contributed by atoms with Crippen LogP contribution in [0.3, 0.4) is 0 Å². The molecule has 44 heavy (non-hydrogen) atoms. The minimum Gasteiger partial charge on any atom is -0.493 e. The molecule has 5 aromatic rings. The summed E-state index contributed by atoms with van der Waals surface area (Å²) >= 11 is 0. The second-order valence-corrected chi connectivity index (χ2v) is 10.8.